The Bertz CT molecular complexity index is 1570. The van der Waals surface area contributed by atoms with Crippen molar-refractivity contribution in [2.45, 2.75) is 34.1 Å². The number of hydrogen-bond donors (Lipinski definition) is 0. The van der Waals surface area contributed by atoms with Gasteiger partial charge in [-0.15, -0.1) is 11.3 Å². The lowest BCUT2D eigenvalue weighted by Crippen LogP contribution is -2.29. The van der Waals surface area contributed by atoms with E-state index in [1.165, 1.54) is 59.4 Å². The lowest BCUT2D eigenvalue weighted by atomic mass is 9.87. The number of pyridine rings is 2. The quantitative estimate of drug-likeness (QED) is 0.164. The minimum Gasteiger partial charge on any atom is -0.307 e. The Hall–Kier alpha value is -2.65. The van der Waals surface area contributed by atoms with Crippen LogP contribution >= 0.6 is 11.3 Å². The molecule has 0 spiro atoms. The molecule has 4 aromatic heterocycles. The van der Waals surface area contributed by atoms with Crippen LogP contribution in [0, 0.1) is 12.3 Å². The summed E-state index contributed by atoms with van der Waals surface area (Å²) in [5.74, 6) is 0. The lowest BCUT2D eigenvalue weighted by Gasteiger charge is -2.20. The van der Waals surface area contributed by atoms with E-state index in [4.69, 9.17) is 0 Å². The molecule has 0 fully saturated rings. The Morgan fingerprint density at radius 2 is 1.83 bits per heavy atom. The summed E-state index contributed by atoms with van der Waals surface area (Å²) in [5.41, 5.74) is 8.41. The topological polar surface area (TPSA) is 8.29 Å². The van der Waals surface area contributed by atoms with Crippen LogP contribution in [0.15, 0.2) is 48.0 Å². The van der Waals surface area contributed by atoms with E-state index in [1.807, 2.05) is 11.3 Å². The Labute approximate surface area is 174 Å². The van der Waals surface area contributed by atoms with Gasteiger partial charge in [-0.3, -0.25) is 0 Å². The van der Waals surface area contributed by atoms with Crippen molar-refractivity contribution < 1.29 is 4.57 Å². The smallest absolute Gasteiger partial charge is 0.224 e. The number of fused-ring (bicyclic) bond motifs is 5. The summed E-state index contributed by atoms with van der Waals surface area (Å²) in [5, 5.41) is 7.70. The van der Waals surface area contributed by atoms with Crippen molar-refractivity contribution >= 4 is 59.6 Å². The van der Waals surface area contributed by atoms with Gasteiger partial charge in [0, 0.05) is 11.5 Å². The first-order valence-electron chi connectivity index (χ1n) is 10.3. The maximum absolute atomic E-state index is 2.53. The van der Waals surface area contributed by atoms with Crippen LogP contribution in [0.5, 0.6) is 0 Å². The molecule has 0 amide bonds. The number of benzene rings is 2. The highest BCUT2D eigenvalue weighted by atomic mass is 32.1. The van der Waals surface area contributed by atoms with Crippen LogP contribution < -0.4 is 4.57 Å². The molecule has 0 aliphatic rings. The van der Waals surface area contributed by atoms with Crippen LogP contribution in [-0.4, -0.2) is 4.40 Å². The highest BCUT2D eigenvalue weighted by Crippen LogP contribution is 2.42. The average Bonchev–Trinajstić information content (AvgIpc) is 3.22. The molecule has 0 atom stereocenters. The van der Waals surface area contributed by atoms with Crippen LogP contribution in [0.2, 0.25) is 0 Å². The summed E-state index contributed by atoms with van der Waals surface area (Å²) < 4.78 is 6.23. The molecule has 29 heavy (non-hydrogen) atoms. The maximum atomic E-state index is 2.53. The van der Waals surface area contributed by atoms with Gasteiger partial charge in [-0.25, -0.2) is 4.57 Å². The molecular weight excluding hydrogens is 372 g/mol. The van der Waals surface area contributed by atoms with Gasteiger partial charge < -0.3 is 4.40 Å². The van der Waals surface area contributed by atoms with Gasteiger partial charge in [0.1, 0.15) is 7.05 Å². The normalized spacial score (nSPS) is 13.1. The summed E-state index contributed by atoms with van der Waals surface area (Å²) in [4.78, 5) is 0. The van der Waals surface area contributed by atoms with Crippen LogP contribution in [0.4, 0.5) is 0 Å². The molecular formula is C26H25N2S+. The monoisotopic (exact) mass is 397 g/mol. The van der Waals surface area contributed by atoms with E-state index in [1.54, 1.807) is 0 Å². The van der Waals surface area contributed by atoms with E-state index in [0.717, 1.165) is 6.42 Å². The molecule has 2 aromatic carbocycles. The highest BCUT2D eigenvalue weighted by molar-refractivity contribution is 7.18. The Morgan fingerprint density at radius 1 is 1.00 bits per heavy atom. The van der Waals surface area contributed by atoms with Crippen molar-refractivity contribution in [3.8, 4) is 0 Å². The molecule has 0 saturated heterocycles. The van der Waals surface area contributed by atoms with Crippen molar-refractivity contribution in [3.05, 3.63) is 59.1 Å². The van der Waals surface area contributed by atoms with Gasteiger partial charge in [0.15, 0.2) is 6.20 Å². The number of thiophene rings is 1. The molecule has 6 aromatic rings. The number of rotatable bonds is 1. The fourth-order valence-corrected chi connectivity index (χ4v) is 6.10. The SMILES string of the molecule is Cc1ccc2c3sccc3n3c4cc(CC(C)(C)C)cc5cc[n+](C)c(c1c23)c54. The third-order valence-corrected chi connectivity index (χ3v) is 7.16. The van der Waals surface area contributed by atoms with Crippen molar-refractivity contribution in [1.29, 1.82) is 0 Å². The summed E-state index contributed by atoms with van der Waals surface area (Å²) in [6.45, 7) is 9.21. The van der Waals surface area contributed by atoms with Crippen LogP contribution in [-0.2, 0) is 13.5 Å². The molecule has 3 heteroatoms. The fourth-order valence-electron chi connectivity index (χ4n) is 5.19. The number of nitrogens with zero attached hydrogens (tertiary/aromatic N) is 2. The number of aromatic nitrogens is 2. The van der Waals surface area contributed by atoms with Crippen molar-refractivity contribution in [2.24, 2.45) is 12.5 Å². The Kier molecular flexibility index (Phi) is 3.26. The van der Waals surface area contributed by atoms with Crippen LogP contribution in [0.1, 0.15) is 31.9 Å². The number of hydrogen-bond acceptors (Lipinski definition) is 1. The molecule has 144 valence electrons. The standard InChI is InChI=1S/C26H25N2S/c1-15-6-7-18-23-21(15)24-22-17(8-10-27(24)5)12-16(14-26(2,3)4)13-20(22)28(23)19-9-11-29-25(18)19/h6-13H,14H2,1-5H3/q+1. The third-order valence-electron chi connectivity index (χ3n) is 6.23. The first-order chi connectivity index (χ1) is 13.8. The van der Waals surface area contributed by atoms with E-state index in [9.17, 15) is 0 Å². The first-order valence-corrected chi connectivity index (χ1v) is 11.2. The molecule has 4 heterocycles. The first kappa shape index (κ1) is 17.2. The molecule has 0 saturated carbocycles. The van der Waals surface area contributed by atoms with E-state index in [0.29, 0.717) is 0 Å². The Morgan fingerprint density at radius 3 is 2.62 bits per heavy atom. The van der Waals surface area contributed by atoms with Gasteiger partial charge in [0.05, 0.1) is 32.0 Å². The highest BCUT2D eigenvalue weighted by Gasteiger charge is 2.25. The average molecular weight is 398 g/mol. The van der Waals surface area contributed by atoms with Crippen LogP contribution in [0.3, 0.4) is 0 Å². The second-order valence-corrected chi connectivity index (χ2v) is 10.6. The molecule has 2 nitrogen and oxygen atoms in total. The van der Waals surface area contributed by atoms with Crippen LogP contribution in [0.25, 0.3) is 48.3 Å². The van der Waals surface area contributed by atoms with Gasteiger partial charge in [0.25, 0.3) is 0 Å². The predicted molar refractivity (Wildman–Crippen MR) is 126 cm³/mol. The van der Waals surface area contributed by atoms with Gasteiger partial charge in [-0.2, -0.15) is 0 Å². The van der Waals surface area contributed by atoms with Crippen molar-refractivity contribution in [2.75, 3.05) is 0 Å². The maximum Gasteiger partial charge on any atom is 0.224 e. The summed E-state index contributed by atoms with van der Waals surface area (Å²) in [7, 11) is 2.18. The zero-order valence-electron chi connectivity index (χ0n) is 17.6. The van der Waals surface area contributed by atoms with E-state index >= 15 is 0 Å². The van der Waals surface area contributed by atoms with E-state index in [-0.39, 0.29) is 5.41 Å². The Balaban J connectivity index is 1.97. The number of aryl methyl sites for hydroxylation is 2. The molecule has 0 aliphatic carbocycles. The van der Waals surface area contributed by atoms with Gasteiger partial charge >= 0.3 is 0 Å². The third kappa shape index (κ3) is 2.25. The van der Waals surface area contributed by atoms with Gasteiger partial charge in [0.2, 0.25) is 5.52 Å². The fraction of sp³-hybridized carbons (Fsp3) is 0.269. The molecule has 0 N–H and O–H groups in total. The minimum atomic E-state index is 0.259. The molecule has 0 unspecified atom stereocenters. The van der Waals surface area contributed by atoms with Crippen molar-refractivity contribution in [1.82, 2.24) is 4.40 Å². The molecule has 0 aliphatic heterocycles. The molecule has 0 bridgehead atoms. The lowest BCUT2D eigenvalue weighted by molar-refractivity contribution is -0.643. The summed E-state index contributed by atoms with van der Waals surface area (Å²) >= 11 is 1.85. The van der Waals surface area contributed by atoms with Crippen molar-refractivity contribution in [3.63, 3.8) is 0 Å². The molecule has 6 rings (SSSR count). The minimum absolute atomic E-state index is 0.259. The summed E-state index contributed by atoms with van der Waals surface area (Å²) in [6, 6.07) is 14.0. The molecule has 0 radical (unpaired) electrons. The second kappa shape index (κ2) is 5.48. The largest absolute Gasteiger partial charge is 0.307 e. The van der Waals surface area contributed by atoms with E-state index < -0.39 is 0 Å². The zero-order valence-corrected chi connectivity index (χ0v) is 18.4. The predicted octanol–water partition coefficient (Wildman–Crippen LogP) is 6.77. The second-order valence-electron chi connectivity index (χ2n) is 9.72. The zero-order chi connectivity index (χ0) is 20.1. The van der Waals surface area contributed by atoms with Gasteiger partial charge in [-0.05, 0) is 52.8 Å². The van der Waals surface area contributed by atoms with Gasteiger partial charge in [-0.1, -0.05) is 39.0 Å². The summed E-state index contributed by atoms with van der Waals surface area (Å²) in [6.07, 6.45) is 3.30. The van der Waals surface area contributed by atoms with E-state index in [2.05, 4.69) is 91.7 Å².